The van der Waals surface area contributed by atoms with Gasteiger partial charge in [0.05, 0.1) is 6.10 Å². The molecule has 1 heterocycles. The van der Waals surface area contributed by atoms with Gasteiger partial charge in [0.1, 0.15) is 0 Å². The van der Waals surface area contributed by atoms with Crippen LogP contribution in [0, 0.1) is 0 Å². The summed E-state index contributed by atoms with van der Waals surface area (Å²) in [6.07, 6.45) is 2.20. The van der Waals surface area contributed by atoms with Gasteiger partial charge in [-0.2, -0.15) is 0 Å². The molecule has 4 heteroatoms. The molecule has 0 saturated carbocycles. The summed E-state index contributed by atoms with van der Waals surface area (Å²) in [7, 11) is 1.71. The van der Waals surface area contributed by atoms with Gasteiger partial charge in [-0.05, 0) is 12.8 Å². The van der Waals surface area contributed by atoms with Crippen molar-refractivity contribution in [2.45, 2.75) is 18.9 Å². The van der Waals surface area contributed by atoms with Crippen molar-refractivity contribution in [1.82, 2.24) is 4.90 Å². The first-order chi connectivity index (χ1) is 5.24. The lowest BCUT2D eigenvalue weighted by Gasteiger charge is -2.29. The number of hydrogen-bond donors (Lipinski definition) is 1. The molecule has 0 unspecified atom stereocenters. The summed E-state index contributed by atoms with van der Waals surface area (Å²) in [6.45, 7) is 1.56. The lowest BCUT2D eigenvalue weighted by atomic mass is 10.1. The molecule has 0 N–H and O–H groups in total. The summed E-state index contributed by atoms with van der Waals surface area (Å²) in [5.41, 5.74) is 0. The molecule has 3 nitrogen and oxygen atoms in total. The minimum atomic E-state index is -0.125. The summed E-state index contributed by atoms with van der Waals surface area (Å²) >= 11 is 3.75. The van der Waals surface area contributed by atoms with Crippen LogP contribution in [0.2, 0.25) is 0 Å². The molecule has 1 amide bonds. The number of ether oxygens (including phenoxy) is 1. The molecule has 0 aromatic heterocycles. The molecule has 0 spiro atoms. The van der Waals surface area contributed by atoms with Gasteiger partial charge in [0, 0.05) is 20.2 Å². The molecule has 1 fully saturated rings. The number of hydrogen-bond acceptors (Lipinski definition) is 2. The Bertz CT molecular complexity index is 143. The zero-order valence-corrected chi connectivity index (χ0v) is 7.51. The van der Waals surface area contributed by atoms with Crippen LogP contribution in [0.25, 0.3) is 0 Å². The first kappa shape index (κ1) is 8.87. The predicted octanol–water partition coefficient (Wildman–Crippen LogP) is 1.15. The molecule has 64 valence electrons. The van der Waals surface area contributed by atoms with E-state index < -0.39 is 0 Å². The molecule has 1 aliphatic heterocycles. The van der Waals surface area contributed by atoms with Crippen LogP contribution in [-0.4, -0.2) is 36.4 Å². The van der Waals surface area contributed by atoms with Crippen molar-refractivity contribution < 1.29 is 9.53 Å². The number of thiol groups is 1. The molecule has 11 heavy (non-hydrogen) atoms. The fourth-order valence-corrected chi connectivity index (χ4v) is 1.48. The number of amides is 1. The number of carbonyl (C=O) groups excluding carboxylic acids is 1. The highest BCUT2D eigenvalue weighted by molar-refractivity contribution is 7.96. The topological polar surface area (TPSA) is 29.5 Å². The van der Waals surface area contributed by atoms with E-state index in [1.54, 1.807) is 12.0 Å². The Kier molecular flexibility index (Phi) is 3.20. The zero-order chi connectivity index (χ0) is 8.27. The molecule has 0 bridgehead atoms. The largest absolute Gasteiger partial charge is 0.381 e. The van der Waals surface area contributed by atoms with Crippen LogP contribution in [0.3, 0.4) is 0 Å². The van der Waals surface area contributed by atoms with Gasteiger partial charge in [-0.15, -0.1) is 0 Å². The van der Waals surface area contributed by atoms with Crippen molar-refractivity contribution in [2.75, 3.05) is 20.2 Å². The SMILES string of the molecule is COC1CCN(C(=O)S)CC1. The monoisotopic (exact) mass is 175 g/mol. The molecule has 1 aliphatic rings. The third-order valence-corrected chi connectivity index (χ3v) is 2.33. The Balaban J connectivity index is 2.30. The highest BCUT2D eigenvalue weighted by Gasteiger charge is 2.20. The molecule has 0 aliphatic carbocycles. The first-order valence-electron chi connectivity index (χ1n) is 3.74. The second-order valence-electron chi connectivity index (χ2n) is 2.70. The molecule has 0 aromatic carbocycles. The highest BCUT2D eigenvalue weighted by Crippen LogP contribution is 2.13. The molecule has 1 rings (SSSR count). The van der Waals surface area contributed by atoms with E-state index in [4.69, 9.17) is 4.74 Å². The first-order valence-corrected chi connectivity index (χ1v) is 4.19. The summed E-state index contributed by atoms with van der Waals surface area (Å²) < 4.78 is 5.16. The second kappa shape index (κ2) is 3.97. The molecular weight excluding hydrogens is 162 g/mol. The minimum absolute atomic E-state index is 0.125. The van der Waals surface area contributed by atoms with Crippen LogP contribution < -0.4 is 0 Å². The quantitative estimate of drug-likeness (QED) is 0.606. The summed E-state index contributed by atoms with van der Waals surface area (Å²) in [6, 6.07) is 0. The number of piperidine rings is 1. The molecular formula is C7H13NO2S. The number of carbonyl (C=O) groups is 1. The lowest BCUT2D eigenvalue weighted by Crippen LogP contribution is -2.37. The van der Waals surface area contributed by atoms with Gasteiger partial charge in [0.15, 0.2) is 0 Å². The van der Waals surface area contributed by atoms with Crippen molar-refractivity contribution in [1.29, 1.82) is 0 Å². The van der Waals surface area contributed by atoms with Crippen LogP contribution in [0.15, 0.2) is 0 Å². The van der Waals surface area contributed by atoms with Crippen LogP contribution in [-0.2, 0) is 4.74 Å². The summed E-state index contributed by atoms with van der Waals surface area (Å²) in [5.74, 6) is 0. The fraction of sp³-hybridized carbons (Fsp3) is 0.857. The average molecular weight is 175 g/mol. The molecule has 0 atom stereocenters. The van der Waals surface area contributed by atoms with E-state index in [2.05, 4.69) is 12.6 Å². The van der Waals surface area contributed by atoms with Crippen LogP contribution in [0.1, 0.15) is 12.8 Å². The van der Waals surface area contributed by atoms with Crippen molar-refractivity contribution in [3.63, 3.8) is 0 Å². The maximum absolute atomic E-state index is 10.7. The smallest absolute Gasteiger partial charge is 0.278 e. The van der Waals surface area contributed by atoms with E-state index in [0.717, 1.165) is 25.9 Å². The van der Waals surface area contributed by atoms with E-state index in [0.29, 0.717) is 6.10 Å². The Labute approximate surface area is 72.1 Å². The van der Waals surface area contributed by atoms with Crippen molar-refractivity contribution >= 4 is 17.9 Å². The van der Waals surface area contributed by atoms with Gasteiger partial charge in [0.2, 0.25) is 0 Å². The maximum Gasteiger partial charge on any atom is 0.278 e. The standard InChI is InChI=1S/C7H13NO2S/c1-10-6-2-4-8(5-3-6)7(9)11/h6H,2-5H2,1H3,(H,9,11). The van der Waals surface area contributed by atoms with E-state index in [1.807, 2.05) is 0 Å². The second-order valence-corrected chi connectivity index (χ2v) is 3.09. The average Bonchev–Trinajstić information content (AvgIpc) is 2.05. The van der Waals surface area contributed by atoms with Crippen molar-refractivity contribution in [3.05, 3.63) is 0 Å². The van der Waals surface area contributed by atoms with E-state index in [9.17, 15) is 4.79 Å². The third kappa shape index (κ3) is 2.38. The Morgan fingerprint density at radius 2 is 2.09 bits per heavy atom. The lowest BCUT2D eigenvalue weighted by molar-refractivity contribution is 0.0537. The Hall–Kier alpha value is -0.220. The van der Waals surface area contributed by atoms with Crippen LogP contribution >= 0.6 is 12.6 Å². The van der Waals surface area contributed by atoms with Gasteiger partial charge < -0.3 is 9.64 Å². The van der Waals surface area contributed by atoms with Crippen LogP contribution in [0.5, 0.6) is 0 Å². The van der Waals surface area contributed by atoms with Crippen LogP contribution in [0.4, 0.5) is 4.79 Å². The summed E-state index contributed by atoms with van der Waals surface area (Å²) in [4.78, 5) is 12.5. The Morgan fingerprint density at radius 1 is 1.55 bits per heavy atom. The van der Waals surface area contributed by atoms with E-state index in [1.165, 1.54) is 0 Å². The normalized spacial score (nSPS) is 20.4. The number of likely N-dealkylation sites (tertiary alicyclic amines) is 1. The van der Waals surface area contributed by atoms with Gasteiger partial charge in [0.25, 0.3) is 5.24 Å². The van der Waals surface area contributed by atoms with Gasteiger partial charge in [-0.3, -0.25) is 4.79 Å². The van der Waals surface area contributed by atoms with Gasteiger partial charge >= 0.3 is 0 Å². The van der Waals surface area contributed by atoms with Gasteiger partial charge in [-0.25, -0.2) is 0 Å². The maximum atomic E-state index is 10.7. The van der Waals surface area contributed by atoms with E-state index in [-0.39, 0.29) is 5.24 Å². The number of nitrogens with zero attached hydrogens (tertiary/aromatic N) is 1. The Morgan fingerprint density at radius 3 is 2.45 bits per heavy atom. The fourth-order valence-electron chi connectivity index (χ4n) is 1.28. The van der Waals surface area contributed by atoms with E-state index >= 15 is 0 Å². The molecule has 0 radical (unpaired) electrons. The molecule has 1 saturated heterocycles. The highest BCUT2D eigenvalue weighted by atomic mass is 32.1. The number of rotatable bonds is 1. The molecule has 0 aromatic rings. The van der Waals surface area contributed by atoms with Crippen molar-refractivity contribution in [3.8, 4) is 0 Å². The predicted molar refractivity (Wildman–Crippen MR) is 46.0 cm³/mol. The summed E-state index contributed by atoms with van der Waals surface area (Å²) in [5, 5.41) is -0.125. The zero-order valence-electron chi connectivity index (χ0n) is 6.62. The third-order valence-electron chi connectivity index (χ3n) is 2.05. The van der Waals surface area contributed by atoms with Gasteiger partial charge in [-0.1, -0.05) is 12.6 Å². The number of methoxy groups -OCH3 is 1. The minimum Gasteiger partial charge on any atom is -0.381 e. The van der Waals surface area contributed by atoms with Crippen molar-refractivity contribution in [2.24, 2.45) is 0 Å².